The van der Waals surface area contributed by atoms with Gasteiger partial charge in [0, 0.05) is 23.5 Å². The highest BCUT2D eigenvalue weighted by Gasteiger charge is 2.35. The first-order valence-electron chi connectivity index (χ1n) is 14.2. The summed E-state index contributed by atoms with van der Waals surface area (Å²) in [5.74, 6) is -1.84. The van der Waals surface area contributed by atoms with Crippen LogP contribution in [0.25, 0.3) is 0 Å². The second-order valence-electron chi connectivity index (χ2n) is 10.8. The van der Waals surface area contributed by atoms with Gasteiger partial charge in [0.15, 0.2) is 0 Å². The fourth-order valence-electron chi connectivity index (χ4n) is 4.77. The Labute approximate surface area is 266 Å². The summed E-state index contributed by atoms with van der Waals surface area (Å²) < 4.78 is 44.8. The van der Waals surface area contributed by atoms with E-state index in [4.69, 9.17) is 0 Å². The van der Waals surface area contributed by atoms with Gasteiger partial charge in [-0.05, 0) is 68.3 Å². The molecule has 7 nitrogen and oxygen atoms in total. The van der Waals surface area contributed by atoms with Crippen LogP contribution >= 0.6 is 15.9 Å². The van der Waals surface area contributed by atoms with Crippen LogP contribution in [0.5, 0.6) is 0 Å². The van der Waals surface area contributed by atoms with Crippen LogP contribution in [0.3, 0.4) is 0 Å². The molecule has 0 aromatic heterocycles. The molecule has 0 unspecified atom stereocenters. The maximum atomic E-state index is 15.2. The Balaban J connectivity index is 1.82. The lowest BCUT2D eigenvalue weighted by Gasteiger charge is -2.34. The molecule has 0 bridgehead atoms. The minimum absolute atomic E-state index is 0.0109. The van der Waals surface area contributed by atoms with E-state index in [9.17, 15) is 18.0 Å². The Kier molecular flexibility index (Phi) is 10.9. The minimum atomic E-state index is -4.39. The number of carbonyl (C=O) groups excluding carboxylic acids is 2. The summed E-state index contributed by atoms with van der Waals surface area (Å²) in [6.45, 7) is 4.75. The summed E-state index contributed by atoms with van der Waals surface area (Å²) in [6, 6.07) is 27.0. The number of amides is 2. The number of anilines is 1. The zero-order chi connectivity index (χ0) is 31.9. The van der Waals surface area contributed by atoms with Crippen LogP contribution in [0, 0.1) is 12.7 Å². The van der Waals surface area contributed by atoms with Crippen LogP contribution in [0.15, 0.2) is 112 Å². The van der Waals surface area contributed by atoms with E-state index in [0.717, 1.165) is 31.5 Å². The van der Waals surface area contributed by atoms with E-state index < -0.39 is 34.3 Å². The van der Waals surface area contributed by atoms with Crippen molar-refractivity contribution in [2.24, 2.45) is 0 Å². The highest BCUT2D eigenvalue weighted by molar-refractivity contribution is 9.10. The first kappa shape index (κ1) is 32.9. The lowest BCUT2D eigenvalue weighted by Crippen LogP contribution is -2.54. The molecule has 0 aliphatic rings. The fourth-order valence-corrected chi connectivity index (χ4v) is 6.64. The average Bonchev–Trinajstić information content (AvgIpc) is 2.98. The van der Waals surface area contributed by atoms with Crippen LogP contribution in [0.4, 0.5) is 10.1 Å². The summed E-state index contributed by atoms with van der Waals surface area (Å²) in [4.78, 5) is 29.4. The molecule has 230 valence electrons. The van der Waals surface area contributed by atoms with Gasteiger partial charge in [-0.1, -0.05) is 88.2 Å². The van der Waals surface area contributed by atoms with Crippen LogP contribution in [0.1, 0.15) is 30.5 Å². The molecule has 0 radical (unpaired) electrons. The molecule has 44 heavy (non-hydrogen) atoms. The molecule has 1 N–H and O–H groups in total. The number of halogens is 2. The SMILES string of the molecule is Cc1ccc(S(=O)(=O)N(CC(=O)N(Cc2cccc(Br)c2)[C@@H](Cc2ccccc2)C(=O)NC(C)C)c2ccccc2F)cc1. The third-order valence-electron chi connectivity index (χ3n) is 6.95. The summed E-state index contributed by atoms with van der Waals surface area (Å²) in [5, 5.41) is 2.92. The average molecular weight is 681 g/mol. The molecule has 2 amide bonds. The third kappa shape index (κ3) is 8.33. The van der Waals surface area contributed by atoms with E-state index in [0.29, 0.717) is 0 Å². The number of aryl methyl sites for hydroxylation is 1. The maximum absolute atomic E-state index is 15.2. The van der Waals surface area contributed by atoms with Crippen LogP contribution in [0.2, 0.25) is 0 Å². The second-order valence-corrected chi connectivity index (χ2v) is 13.6. The van der Waals surface area contributed by atoms with Gasteiger partial charge in [-0.15, -0.1) is 0 Å². The van der Waals surface area contributed by atoms with Crippen molar-refractivity contribution < 1.29 is 22.4 Å². The molecular weight excluding hydrogens is 645 g/mol. The predicted molar refractivity (Wildman–Crippen MR) is 174 cm³/mol. The van der Waals surface area contributed by atoms with Gasteiger partial charge in [0.2, 0.25) is 11.8 Å². The van der Waals surface area contributed by atoms with Crippen molar-refractivity contribution in [2.45, 2.75) is 50.7 Å². The van der Waals surface area contributed by atoms with Crippen LogP contribution in [-0.2, 0) is 32.6 Å². The van der Waals surface area contributed by atoms with Gasteiger partial charge in [-0.2, -0.15) is 0 Å². The Morgan fingerprint density at radius 2 is 1.50 bits per heavy atom. The van der Waals surface area contributed by atoms with Gasteiger partial charge in [-0.3, -0.25) is 13.9 Å². The largest absolute Gasteiger partial charge is 0.352 e. The van der Waals surface area contributed by atoms with Crippen LogP contribution < -0.4 is 9.62 Å². The smallest absolute Gasteiger partial charge is 0.264 e. The first-order valence-corrected chi connectivity index (χ1v) is 16.4. The van der Waals surface area contributed by atoms with E-state index in [-0.39, 0.29) is 35.5 Å². The summed E-state index contributed by atoms with van der Waals surface area (Å²) in [7, 11) is -4.39. The van der Waals surface area contributed by atoms with Crippen molar-refractivity contribution in [1.29, 1.82) is 0 Å². The maximum Gasteiger partial charge on any atom is 0.264 e. The molecule has 0 saturated carbocycles. The first-order chi connectivity index (χ1) is 21.0. The molecule has 10 heteroatoms. The summed E-state index contributed by atoms with van der Waals surface area (Å²) >= 11 is 3.47. The van der Waals surface area contributed by atoms with Gasteiger partial charge in [-0.25, -0.2) is 12.8 Å². The predicted octanol–water partition coefficient (Wildman–Crippen LogP) is 6.26. The zero-order valence-corrected chi connectivity index (χ0v) is 27.2. The number of carbonyl (C=O) groups is 2. The third-order valence-corrected chi connectivity index (χ3v) is 9.22. The molecule has 4 aromatic carbocycles. The fraction of sp³-hybridized carbons (Fsp3) is 0.235. The number of sulfonamides is 1. The van der Waals surface area contributed by atoms with Gasteiger partial charge < -0.3 is 10.2 Å². The van der Waals surface area contributed by atoms with E-state index in [1.54, 1.807) is 12.1 Å². The standard InChI is InChI=1S/C34H35BrFN3O4S/c1-24(2)37-34(41)32(21-26-10-5-4-6-11-26)38(22-27-12-9-13-28(35)20-27)33(40)23-39(31-15-8-7-14-30(31)36)44(42,43)29-18-16-25(3)17-19-29/h4-20,24,32H,21-23H2,1-3H3,(H,37,41)/t32-/m0/s1. The highest BCUT2D eigenvalue weighted by Crippen LogP contribution is 2.27. The van der Waals surface area contributed by atoms with Crippen LogP contribution in [-0.4, -0.2) is 43.8 Å². The number of rotatable bonds is 12. The Morgan fingerprint density at radius 3 is 2.14 bits per heavy atom. The topological polar surface area (TPSA) is 86.8 Å². The molecule has 0 saturated heterocycles. The quantitative estimate of drug-likeness (QED) is 0.192. The molecule has 4 rings (SSSR count). The van der Waals surface area contributed by atoms with E-state index >= 15 is 4.39 Å². The highest BCUT2D eigenvalue weighted by atomic mass is 79.9. The molecule has 0 heterocycles. The Hall–Kier alpha value is -4.02. The van der Waals surface area contributed by atoms with Crippen molar-refractivity contribution in [3.05, 3.63) is 130 Å². The number of nitrogens with zero attached hydrogens (tertiary/aromatic N) is 2. The lowest BCUT2D eigenvalue weighted by molar-refractivity contribution is -0.140. The molecule has 0 spiro atoms. The van der Waals surface area contributed by atoms with Crippen molar-refractivity contribution in [3.8, 4) is 0 Å². The normalized spacial score (nSPS) is 12.0. The Morgan fingerprint density at radius 1 is 0.864 bits per heavy atom. The zero-order valence-electron chi connectivity index (χ0n) is 24.8. The minimum Gasteiger partial charge on any atom is -0.352 e. The molecule has 0 aliphatic heterocycles. The second kappa shape index (κ2) is 14.6. The number of hydrogen-bond acceptors (Lipinski definition) is 4. The van der Waals surface area contributed by atoms with Crippen molar-refractivity contribution in [2.75, 3.05) is 10.8 Å². The van der Waals surface area contributed by atoms with Gasteiger partial charge in [0.05, 0.1) is 10.6 Å². The lowest BCUT2D eigenvalue weighted by atomic mass is 10.0. The summed E-state index contributed by atoms with van der Waals surface area (Å²) in [5.41, 5.74) is 2.12. The number of nitrogens with one attached hydrogen (secondary N) is 1. The van der Waals surface area contributed by atoms with Gasteiger partial charge in [0.1, 0.15) is 18.4 Å². The molecule has 1 atom stereocenters. The van der Waals surface area contributed by atoms with E-state index in [1.165, 1.54) is 35.2 Å². The van der Waals surface area contributed by atoms with Gasteiger partial charge >= 0.3 is 0 Å². The Bertz CT molecular complexity index is 1700. The van der Waals surface area contributed by atoms with Gasteiger partial charge in [0.25, 0.3) is 10.0 Å². The van der Waals surface area contributed by atoms with Crippen molar-refractivity contribution in [3.63, 3.8) is 0 Å². The van der Waals surface area contributed by atoms with Crippen molar-refractivity contribution in [1.82, 2.24) is 10.2 Å². The molecule has 0 aliphatic carbocycles. The molecule has 0 fully saturated rings. The van der Waals surface area contributed by atoms with E-state index in [2.05, 4.69) is 21.2 Å². The summed E-state index contributed by atoms with van der Waals surface area (Å²) in [6.07, 6.45) is 0.184. The van der Waals surface area contributed by atoms with E-state index in [1.807, 2.05) is 75.4 Å². The number of benzene rings is 4. The number of hydrogen-bond donors (Lipinski definition) is 1. The molecular formula is C34H35BrFN3O4S. The number of para-hydroxylation sites is 1. The molecule has 4 aromatic rings. The monoisotopic (exact) mass is 679 g/mol. The van der Waals surface area contributed by atoms with Crippen molar-refractivity contribution >= 4 is 43.5 Å².